The lowest BCUT2D eigenvalue weighted by atomic mass is 10.2. The summed E-state index contributed by atoms with van der Waals surface area (Å²) in [5, 5.41) is 0. The Balaban J connectivity index is 2.49. The molecule has 0 unspecified atom stereocenters. The maximum Gasteiger partial charge on any atom is 0.200 e. The highest BCUT2D eigenvalue weighted by Gasteiger charge is 1.92. The highest BCUT2D eigenvalue weighted by molar-refractivity contribution is 14.1. The quantitative estimate of drug-likeness (QED) is 0.468. The molecule has 0 amide bonds. The zero-order chi connectivity index (χ0) is 9.52. The van der Waals surface area contributed by atoms with E-state index in [9.17, 15) is 0 Å². The standard InChI is InChI=1S/C11H11IO/c1-2-6-11(12)13-9-10-7-4-3-5-8-10/h2-5,7-8H,9H2,1H3. The van der Waals surface area contributed by atoms with Gasteiger partial charge in [0.1, 0.15) is 6.61 Å². The number of hydrogen-bond acceptors (Lipinski definition) is 1. The second-order valence-corrected chi connectivity index (χ2v) is 3.46. The predicted octanol–water partition coefficient (Wildman–Crippen LogP) is 3.65. The van der Waals surface area contributed by atoms with Crippen molar-refractivity contribution in [3.63, 3.8) is 0 Å². The normalized spacial score (nSPS) is 8.77. The fourth-order valence-corrected chi connectivity index (χ4v) is 1.34. The minimum Gasteiger partial charge on any atom is -0.476 e. The third-order valence-corrected chi connectivity index (χ3v) is 2.09. The Labute approximate surface area is 92.3 Å². The molecular weight excluding hydrogens is 275 g/mol. The lowest BCUT2D eigenvalue weighted by Gasteiger charge is -2.02. The minimum absolute atomic E-state index is 0.611. The van der Waals surface area contributed by atoms with Gasteiger partial charge in [0.05, 0.1) is 0 Å². The van der Waals surface area contributed by atoms with Crippen molar-refractivity contribution < 1.29 is 4.74 Å². The Kier molecular flexibility index (Phi) is 4.65. The van der Waals surface area contributed by atoms with E-state index in [1.807, 2.05) is 43.3 Å². The van der Waals surface area contributed by atoms with Gasteiger partial charge in [-0.3, -0.25) is 0 Å². The first kappa shape index (κ1) is 10.4. The lowest BCUT2D eigenvalue weighted by Crippen LogP contribution is -1.87. The molecule has 0 N–H and O–H groups in total. The van der Waals surface area contributed by atoms with Crippen molar-refractivity contribution in [2.45, 2.75) is 13.5 Å². The SMILES string of the molecule is CC=C=C(I)OCc1ccccc1. The van der Waals surface area contributed by atoms with Crippen LogP contribution in [0.15, 0.2) is 45.9 Å². The number of hydrogen-bond donors (Lipinski definition) is 0. The van der Waals surface area contributed by atoms with Crippen molar-refractivity contribution in [1.82, 2.24) is 0 Å². The fourth-order valence-electron chi connectivity index (χ4n) is 0.876. The van der Waals surface area contributed by atoms with Gasteiger partial charge in [0.2, 0.25) is 0 Å². The summed E-state index contributed by atoms with van der Waals surface area (Å²) in [6.45, 7) is 2.53. The molecule has 0 aromatic heterocycles. The summed E-state index contributed by atoms with van der Waals surface area (Å²) in [4.78, 5) is 0. The Morgan fingerprint density at radius 2 is 2.15 bits per heavy atom. The van der Waals surface area contributed by atoms with Crippen molar-refractivity contribution in [3.8, 4) is 0 Å². The summed E-state index contributed by atoms with van der Waals surface area (Å²) in [5.74, 6) is 0. The number of benzene rings is 1. The molecule has 0 aliphatic heterocycles. The molecule has 1 rings (SSSR count). The Morgan fingerprint density at radius 3 is 2.77 bits per heavy atom. The van der Waals surface area contributed by atoms with E-state index in [0.717, 1.165) is 3.77 Å². The fraction of sp³-hybridized carbons (Fsp3) is 0.182. The second kappa shape index (κ2) is 5.84. The maximum absolute atomic E-state index is 5.43. The van der Waals surface area contributed by atoms with E-state index >= 15 is 0 Å². The molecule has 0 bridgehead atoms. The highest BCUT2D eigenvalue weighted by atomic mass is 127. The van der Waals surface area contributed by atoms with E-state index in [-0.39, 0.29) is 0 Å². The third-order valence-electron chi connectivity index (χ3n) is 1.47. The van der Waals surface area contributed by atoms with Crippen LogP contribution in [0.5, 0.6) is 0 Å². The Bertz CT molecular complexity index is 310. The van der Waals surface area contributed by atoms with Crippen molar-refractivity contribution in [2.24, 2.45) is 0 Å². The molecule has 0 radical (unpaired) electrons. The van der Waals surface area contributed by atoms with Gasteiger partial charge in [-0.05, 0) is 18.6 Å². The first-order valence-corrected chi connectivity index (χ1v) is 5.14. The summed E-state index contributed by atoms with van der Waals surface area (Å²) in [7, 11) is 0. The summed E-state index contributed by atoms with van der Waals surface area (Å²) in [6.07, 6.45) is 1.84. The highest BCUT2D eigenvalue weighted by Crippen LogP contribution is 2.10. The maximum atomic E-state index is 5.43. The molecule has 13 heavy (non-hydrogen) atoms. The van der Waals surface area contributed by atoms with E-state index in [4.69, 9.17) is 4.74 Å². The third kappa shape index (κ3) is 4.15. The largest absolute Gasteiger partial charge is 0.476 e. The van der Waals surface area contributed by atoms with Gasteiger partial charge in [0.25, 0.3) is 0 Å². The number of halogens is 1. The molecule has 1 aromatic rings. The number of ether oxygens (including phenoxy) is 1. The van der Waals surface area contributed by atoms with Gasteiger partial charge in [-0.1, -0.05) is 36.1 Å². The molecule has 0 spiro atoms. The van der Waals surface area contributed by atoms with Gasteiger partial charge in [-0.15, -0.1) is 0 Å². The van der Waals surface area contributed by atoms with E-state index < -0.39 is 0 Å². The van der Waals surface area contributed by atoms with Crippen LogP contribution in [0.3, 0.4) is 0 Å². The van der Waals surface area contributed by atoms with Crippen molar-refractivity contribution in [2.75, 3.05) is 0 Å². The molecule has 1 nitrogen and oxygen atoms in total. The molecule has 0 aliphatic rings. The smallest absolute Gasteiger partial charge is 0.200 e. The van der Waals surface area contributed by atoms with Gasteiger partial charge >= 0.3 is 0 Å². The average Bonchev–Trinajstić information content (AvgIpc) is 2.17. The minimum atomic E-state index is 0.611. The summed E-state index contributed by atoms with van der Waals surface area (Å²) < 4.78 is 6.22. The van der Waals surface area contributed by atoms with Gasteiger partial charge in [-0.2, -0.15) is 0 Å². The van der Waals surface area contributed by atoms with Crippen LogP contribution in [-0.4, -0.2) is 0 Å². The van der Waals surface area contributed by atoms with Crippen LogP contribution in [0.4, 0.5) is 0 Å². The van der Waals surface area contributed by atoms with E-state index in [0.29, 0.717) is 6.61 Å². The molecule has 0 atom stereocenters. The first-order valence-electron chi connectivity index (χ1n) is 4.06. The molecular formula is C11H11IO. The Morgan fingerprint density at radius 1 is 1.46 bits per heavy atom. The van der Waals surface area contributed by atoms with Crippen LogP contribution in [-0.2, 0) is 11.3 Å². The lowest BCUT2D eigenvalue weighted by molar-refractivity contribution is 0.232. The molecule has 0 fully saturated rings. The predicted molar refractivity (Wildman–Crippen MR) is 62.5 cm³/mol. The van der Waals surface area contributed by atoms with Gasteiger partial charge < -0.3 is 4.74 Å². The van der Waals surface area contributed by atoms with Crippen LogP contribution < -0.4 is 0 Å². The Hall–Kier alpha value is -0.730. The van der Waals surface area contributed by atoms with Crippen molar-refractivity contribution in [1.29, 1.82) is 0 Å². The van der Waals surface area contributed by atoms with Crippen molar-refractivity contribution in [3.05, 3.63) is 51.5 Å². The van der Waals surface area contributed by atoms with Gasteiger partial charge in [-0.25, -0.2) is 0 Å². The van der Waals surface area contributed by atoms with Gasteiger partial charge in [0, 0.05) is 22.6 Å². The molecule has 2 heteroatoms. The summed E-state index contributed by atoms with van der Waals surface area (Å²) in [6, 6.07) is 10.1. The molecule has 1 aromatic carbocycles. The van der Waals surface area contributed by atoms with Crippen LogP contribution >= 0.6 is 22.6 Å². The van der Waals surface area contributed by atoms with Crippen molar-refractivity contribution >= 4 is 22.6 Å². The number of rotatable bonds is 3. The number of allylic oxidation sites excluding steroid dienone is 1. The zero-order valence-corrected chi connectivity index (χ0v) is 9.61. The van der Waals surface area contributed by atoms with Crippen LogP contribution in [0, 0.1) is 0 Å². The van der Waals surface area contributed by atoms with Crippen LogP contribution in [0.1, 0.15) is 12.5 Å². The van der Waals surface area contributed by atoms with E-state index in [1.165, 1.54) is 5.56 Å². The molecule has 68 valence electrons. The average molecular weight is 286 g/mol. The van der Waals surface area contributed by atoms with E-state index in [2.05, 4.69) is 28.3 Å². The van der Waals surface area contributed by atoms with Crippen LogP contribution in [0.25, 0.3) is 0 Å². The van der Waals surface area contributed by atoms with Crippen LogP contribution in [0.2, 0.25) is 0 Å². The molecule has 0 aliphatic carbocycles. The molecule has 0 saturated carbocycles. The topological polar surface area (TPSA) is 9.23 Å². The first-order chi connectivity index (χ1) is 6.33. The second-order valence-electron chi connectivity index (χ2n) is 2.48. The summed E-state index contributed by atoms with van der Waals surface area (Å²) >= 11 is 2.12. The molecule has 0 heterocycles. The zero-order valence-electron chi connectivity index (χ0n) is 7.46. The summed E-state index contributed by atoms with van der Waals surface area (Å²) in [5.41, 5.74) is 4.15. The van der Waals surface area contributed by atoms with Gasteiger partial charge in [0.15, 0.2) is 3.77 Å². The monoisotopic (exact) mass is 286 g/mol. The van der Waals surface area contributed by atoms with E-state index in [1.54, 1.807) is 0 Å². The molecule has 0 saturated heterocycles.